The van der Waals surface area contributed by atoms with Crippen molar-refractivity contribution in [2.45, 2.75) is 39.5 Å². The van der Waals surface area contributed by atoms with Gasteiger partial charge in [0.15, 0.2) is 0 Å². The molecule has 4 heteroatoms. The maximum atomic E-state index is 6.92. The summed E-state index contributed by atoms with van der Waals surface area (Å²) < 4.78 is 15.5. The number of fused-ring (bicyclic) bond motifs is 8. The van der Waals surface area contributed by atoms with E-state index in [4.69, 9.17) is 13.8 Å². The lowest BCUT2D eigenvalue weighted by atomic mass is 9.88. The highest BCUT2D eigenvalue weighted by molar-refractivity contribution is 6.23. The molecule has 9 rings (SSSR count). The molecule has 0 N–H and O–H groups in total. The Bertz CT molecular complexity index is 2600. The van der Waals surface area contributed by atoms with Crippen LogP contribution in [0.4, 0.5) is 0 Å². The van der Waals surface area contributed by atoms with Crippen molar-refractivity contribution in [1.82, 2.24) is 9.55 Å². The largest absolute Gasteiger partial charge is 0.456 e. The standard InChI is InChI=1S/C43H34N2O2/c1-25(2)33-23-28(27-13-6-5-7-14-27)24-34(26(3)4)40(33)45-36-19-10-9-18-35(36)44-43(45)32-17-12-16-29-30-21-22-38-39(42(30)47-41(29)32)31-15-8-11-20-37(31)46-38/h5-26H,1-4H3. The average Bonchev–Trinajstić information content (AvgIpc) is 3.79. The van der Waals surface area contributed by atoms with E-state index in [0.29, 0.717) is 0 Å². The minimum Gasteiger partial charge on any atom is -0.456 e. The molecule has 0 atom stereocenters. The summed E-state index contributed by atoms with van der Waals surface area (Å²) in [7, 11) is 0. The van der Waals surface area contributed by atoms with E-state index in [-0.39, 0.29) is 11.8 Å². The van der Waals surface area contributed by atoms with Crippen LogP contribution in [0.5, 0.6) is 0 Å². The maximum Gasteiger partial charge on any atom is 0.149 e. The normalized spacial score (nSPS) is 12.2. The van der Waals surface area contributed by atoms with Crippen LogP contribution in [0.3, 0.4) is 0 Å². The van der Waals surface area contributed by atoms with E-state index in [1.807, 2.05) is 18.2 Å². The lowest BCUT2D eigenvalue weighted by Gasteiger charge is -2.24. The van der Waals surface area contributed by atoms with E-state index >= 15 is 0 Å². The molecule has 0 saturated heterocycles. The molecule has 0 radical (unpaired) electrons. The van der Waals surface area contributed by atoms with Crippen molar-refractivity contribution in [3.8, 4) is 28.2 Å². The summed E-state index contributed by atoms with van der Waals surface area (Å²) in [5.41, 5.74) is 12.6. The highest BCUT2D eigenvalue weighted by atomic mass is 16.3. The summed E-state index contributed by atoms with van der Waals surface area (Å²) in [5.74, 6) is 1.44. The molecule has 0 unspecified atom stereocenters. The van der Waals surface area contributed by atoms with Crippen molar-refractivity contribution in [2.24, 2.45) is 0 Å². The molecule has 3 heterocycles. The van der Waals surface area contributed by atoms with Crippen LogP contribution >= 0.6 is 0 Å². The Labute approximate surface area is 272 Å². The third kappa shape index (κ3) is 4.18. The van der Waals surface area contributed by atoms with Crippen molar-refractivity contribution >= 4 is 54.9 Å². The molecular weight excluding hydrogens is 576 g/mol. The van der Waals surface area contributed by atoms with Crippen molar-refractivity contribution in [3.63, 3.8) is 0 Å². The molecule has 0 saturated carbocycles. The van der Waals surface area contributed by atoms with Gasteiger partial charge in [-0.05, 0) is 82.6 Å². The van der Waals surface area contributed by atoms with Crippen molar-refractivity contribution in [2.75, 3.05) is 0 Å². The summed E-state index contributed by atoms with van der Waals surface area (Å²) in [6, 6.07) is 42.7. The number of aromatic nitrogens is 2. The fourth-order valence-corrected chi connectivity index (χ4v) is 7.29. The van der Waals surface area contributed by atoms with Crippen LogP contribution in [0.25, 0.3) is 83.1 Å². The first kappa shape index (κ1) is 27.7. The highest BCUT2D eigenvalue weighted by Crippen LogP contribution is 2.44. The quantitative estimate of drug-likeness (QED) is 0.195. The molecule has 0 aliphatic carbocycles. The van der Waals surface area contributed by atoms with Crippen LogP contribution in [0, 0.1) is 0 Å². The zero-order valence-electron chi connectivity index (χ0n) is 26.9. The number of rotatable bonds is 5. The van der Waals surface area contributed by atoms with Gasteiger partial charge < -0.3 is 8.83 Å². The number of nitrogens with zero attached hydrogens (tertiary/aromatic N) is 2. The summed E-state index contributed by atoms with van der Waals surface area (Å²) >= 11 is 0. The smallest absolute Gasteiger partial charge is 0.149 e. The molecule has 0 aliphatic heterocycles. The fraction of sp³-hybridized carbons (Fsp3) is 0.140. The Morgan fingerprint density at radius 2 is 1.23 bits per heavy atom. The summed E-state index contributed by atoms with van der Waals surface area (Å²) in [6.07, 6.45) is 0. The van der Waals surface area contributed by atoms with E-state index in [1.54, 1.807) is 0 Å². The molecule has 0 bridgehead atoms. The zero-order valence-corrected chi connectivity index (χ0v) is 26.9. The first-order valence-electron chi connectivity index (χ1n) is 16.4. The Hall–Kier alpha value is -5.61. The van der Waals surface area contributed by atoms with E-state index in [9.17, 15) is 0 Å². The fourth-order valence-electron chi connectivity index (χ4n) is 7.29. The van der Waals surface area contributed by atoms with Crippen LogP contribution in [0.1, 0.15) is 50.7 Å². The summed E-state index contributed by atoms with van der Waals surface area (Å²) in [4.78, 5) is 5.35. The van der Waals surface area contributed by atoms with Crippen molar-refractivity contribution in [3.05, 3.63) is 132 Å². The number of benzene rings is 6. The lowest BCUT2D eigenvalue weighted by Crippen LogP contribution is -2.09. The van der Waals surface area contributed by atoms with Gasteiger partial charge in [0.2, 0.25) is 0 Å². The molecule has 9 aromatic rings. The molecular formula is C43H34N2O2. The topological polar surface area (TPSA) is 44.1 Å². The number of para-hydroxylation sites is 4. The Kier molecular flexibility index (Phi) is 6.16. The predicted molar refractivity (Wildman–Crippen MR) is 195 cm³/mol. The Morgan fingerprint density at radius 3 is 2.02 bits per heavy atom. The minimum atomic E-state index is 0.282. The zero-order chi connectivity index (χ0) is 31.8. The number of hydrogen-bond donors (Lipinski definition) is 0. The third-order valence-corrected chi connectivity index (χ3v) is 9.55. The van der Waals surface area contributed by atoms with Gasteiger partial charge in [0, 0.05) is 16.2 Å². The second kappa shape index (κ2) is 10.5. The van der Waals surface area contributed by atoms with Crippen LogP contribution in [0.15, 0.2) is 130 Å². The molecule has 6 aromatic carbocycles. The van der Waals surface area contributed by atoms with Gasteiger partial charge in [-0.15, -0.1) is 0 Å². The molecule has 0 fully saturated rings. The molecule has 47 heavy (non-hydrogen) atoms. The van der Waals surface area contributed by atoms with Crippen LogP contribution in [-0.2, 0) is 0 Å². The average molecular weight is 611 g/mol. The SMILES string of the molecule is CC(C)c1cc(-c2ccccc2)cc(C(C)C)c1-n1c(-c2cccc3c2oc2c3ccc3oc4ccccc4c32)nc2ccccc21. The van der Waals surface area contributed by atoms with Gasteiger partial charge in [0.1, 0.15) is 28.2 Å². The van der Waals surface area contributed by atoms with Crippen LogP contribution < -0.4 is 0 Å². The monoisotopic (exact) mass is 610 g/mol. The summed E-state index contributed by atoms with van der Waals surface area (Å²) in [5, 5.41) is 4.20. The van der Waals surface area contributed by atoms with Gasteiger partial charge >= 0.3 is 0 Å². The number of imidazole rings is 1. The maximum absolute atomic E-state index is 6.92. The van der Waals surface area contributed by atoms with Gasteiger partial charge in [-0.2, -0.15) is 0 Å². The van der Waals surface area contributed by atoms with Gasteiger partial charge in [0.25, 0.3) is 0 Å². The molecule has 228 valence electrons. The van der Waals surface area contributed by atoms with E-state index in [2.05, 4.69) is 135 Å². The minimum absolute atomic E-state index is 0.282. The van der Waals surface area contributed by atoms with Gasteiger partial charge in [-0.1, -0.05) is 100 Å². The first-order valence-corrected chi connectivity index (χ1v) is 16.4. The molecule has 0 aliphatic rings. The first-order chi connectivity index (χ1) is 23.0. The van der Waals surface area contributed by atoms with Crippen molar-refractivity contribution in [1.29, 1.82) is 0 Å². The number of hydrogen-bond acceptors (Lipinski definition) is 3. The van der Waals surface area contributed by atoms with E-state index in [0.717, 1.165) is 66.3 Å². The summed E-state index contributed by atoms with van der Waals surface area (Å²) in [6.45, 7) is 9.15. The Morgan fingerprint density at radius 1 is 0.553 bits per heavy atom. The second-order valence-corrected chi connectivity index (χ2v) is 13.1. The number of furan rings is 2. The van der Waals surface area contributed by atoms with E-state index < -0.39 is 0 Å². The second-order valence-electron chi connectivity index (χ2n) is 13.1. The Balaban J connectivity index is 1.38. The molecule has 0 spiro atoms. The lowest BCUT2D eigenvalue weighted by molar-refractivity contribution is 0.663. The van der Waals surface area contributed by atoms with Gasteiger partial charge in [0.05, 0.1) is 27.7 Å². The van der Waals surface area contributed by atoms with Crippen LogP contribution in [0.2, 0.25) is 0 Å². The van der Waals surface area contributed by atoms with E-state index in [1.165, 1.54) is 27.9 Å². The van der Waals surface area contributed by atoms with Gasteiger partial charge in [-0.25, -0.2) is 4.98 Å². The third-order valence-electron chi connectivity index (χ3n) is 9.55. The highest BCUT2D eigenvalue weighted by Gasteiger charge is 2.26. The van der Waals surface area contributed by atoms with Gasteiger partial charge in [-0.3, -0.25) is 4.57 Å². The van der Waals surface area contributed by atoms with Crippen LogP contribution in [-0.4, -0.2) is 9.55 Å². The molecule has 4 nitrogen and oxygen atoms in total. The molecule has 0 amide bonds. The predicted octanol–water partition coefficient (Wildman–Crippen LogP) is 12.4. The molecule has 3 aromatic heterocycles. The van der Waals surface area contributed by atoms with Crippen molar-refractivity contribution < 1.29 is 8.83 Å².